The Morgan fingerprint density at radius 3 is 2.82 bits per heavy atom. The van der Waals surface area contributed by atoms with Crippen molar-refractivity contribution in [2.24, 2.45) is 5.92 Å². The number of carbonyl (C=O) groups excluding carboxylic acids is 3. The lowest BCUT2D eigenvalue weighted by atomic mass is 10.1. The van der Waals surface area contributed by atoms with Gasteiger partial charge in [-0.3, -0.25) is 14.4 Å². The average molecular weight is 383 g/mol. The molecule has 2 aliphatic heterocycles. The van der Waals surface area contributed by atoms with Crippen LogP contribution in [0.15, 0.2) is 42.5 Å². The minimum atomic E-state index is -0.603. The first-order valence-corrected chi connectivity index (χ1v) is 8.89. The third kappa shape index (κ3) is 3.28. The molecule has 8 heteroatoms. The molecule has 1 saturated heterocycles. The number of nitrogens with zero attached hydrogens (tertiary/aromatic N) is 1. The fourth-order valence-corrected chi connectivity index (χ4v) is 3.32. The Morgan fingerprint density at radius 2 is 2.04 bits per heavy atom. The van der Waals surface area contributed by atoms with Crippen LogP contribution in [0.3, 0.4) is 0 Å². The van der Waals surface area contributed by atoms with Gasteiger partial charge in [-0.25, -0.2) is 4.39 Å². The summed E-state index contributed by atoms with van der Waals surface area (Å²) in [5.74, 6) is -1.50. The maximum atomic E-state index is 14.0. The molecule has 144 valence electrons. The van der Waals surface area contributed by atoms with Crippen LogP contribution in [-0.4, -0.2) is 30.4 Å². The number of hydrogen-bond acceptors (Lipinski definition) is 4. The van der Waals surface area contributed by atoms with Crippen molar-refractivity contribution in [1.82, 2.24) is 0 Å². The van der Waals surface area contributed by atoms with Crippen LogP contribution in [0.2, 0.25) is 0 Å². The number of anilines is 3. The fraction of sp³-hybridized carbons (Fsp3) is 0.250. The van der Waals surface area contributed by atoms with E-state index in [4.69, 9.17) is 4.74 Å². The molecule has 2 heterocycles. The predicted molar refractivity (Wildman–Crippen MR) is 101 cm³/mol. The Labute approximate surface area is 160 Å². The Balaban J connectivity index is 1.46. The van der Waals surface area contributed by atoms with E-state index in [1.54, 1.807) is 37.3 Å². The van der Waals surface area contributed by atoms with Gasteiger partial charge in [0.15, 0.2) is 6.10 Å². The minimum Gasteiger partial charge on any atom is -0.479 e. The maximum absolute atomic E-state index is 14.0. The number of amides is 3. The maximum Gasteiger partial charge on any atom is 0.265 e. The molecule has 2 atom stereocenters. The van der Waals surface area contributed by atoms with Crippen molar-refractivity contribution in [1.29, 1.82) is 0 Å². The molecule has 0 unspecified atom stereocenters. The highest BCUT2D eigenvalue weighted by Crippen LogP contribution is 2.33. The highest BCUT2D eigenvalue weighted by Gasteiger charge is 2.36. The Bertz CT molecular complexity index is 978. The second-order valence-electron chi connectivity index (χ2n) is 6.81. The van der Waals surface area contributed by atoms with Crippen LogP contribution in [0.4, 0.5) is 21.5 Å². The second kappa shape index (κ2) is 6.95. The predicted octanol–water partition coefficient (Wildman–Crippen LogP) is 2.54. The summed E-state index contributed by atoms with van der Waals surface area (Å²) in [7, 11) is 0. The molecule has 2 N–H and O–H groups in total. The van der Waals surface area contributed by atoms with E-state index in [0.717, 1.165) is 0 Å². The number of rotatable bonds is 3. The Morgan fingerprint density at radius 1 is 1.25 bits per heavy atom. The molecule has 4 rings (SSSR count). The smallest absolute Gasteiger partial charge is 0.265 e. The standard InChI is InChI=1S/C20H18FN3O4/c1-11-19(26)23-15-9-13(6-7-17(15)28-11)22-20(27)12-8-18(25)24(10-12)16-5-3-2-4-14(16)21/h2-7,9,11-12H,8,10H2,1H3,(H,22,27)(H,23,26)/t11-,12+/m1/s1. The summed E-state index contributed by atoms with van der Waals surface area (Å²) < 4.78 is 19.4. The van der Waals surface area contributed by atoms with E-state index < -0.39 is 17.8 Å². The number of para-hydroxylation sites is 1. The van der Waals surface area contributed by atoms with Gasteiger partial charge in [-0.15, -0.1) is 0 Å². The van der Waals surface area contributed by atoms with Crippen LogP contribution in [0.5, 0.6) is 5.75 Å². The van der Waals surface area contributed by atoms with Crippen LogP contribution in [0.25, 0.3) is 0 Å². The summed E-state index contributed by atoms with van der Waals surface area (Å²) in [5, 5.41) is 5.46. The van der Waals surface area contributed by atoms with Crippen molar-refractivity contribution in [3.63, 3.8) is 0 Å². The minimum absolute atomic E-state index is 0.00245. The van der Waals surface area contributed by atoms with Crippen molar-refractivity contribution in [3.05, 3.63) is 48.3 Å². The second-order valence-corrected chi connectivity index (χ2v) is 6.81. The van der Waals surface area contributed by atoms with Gasteiger partial charge in [-0.05, 0) is 37.3 Å². The lowest BCUT2D eigenvalue weighted by Gasteiger charge is -2.24. The first-order chi connectivity index (χ1) is 13.4. The SMILES string of the molecule is C[C@H]1Oc2ccc(NC(=O)[C@H]3CC(=O)N(c4ccccc4F)C3)cc2NC1=O. The van der Waals surface area contributed by atoms with Gasteiger partial charge in [0, 0.05) is 18.7 Å². The first-order valence-electron chi connectivity index (χ1n) is 8.89. The van der Waals surface area contributed by atoms with Gasteiger partial charge >= 0.3 is 0 Å². The number of benzene rings is 2. The summed E-state index contributed by atoms with van der Waals surface area (Å²) in [4.78, 5) is 37.9. The zero-order valence-corrected chi connectivity index (χ0v) is 15.1. The van der Waals surface area contributed by atoms with Crippen LogP contribution in [0.1, 0.15) is 13.3 Å². The van der Waals surface area contributed by atoms with Gasteiger partial charge in [0.05, 0.1) is 17.3 Å². The number of halogens is 1. The third-order valence-electron chi connectivity index (χ3n) is 4.82. The summed E-state index contributed by atoms with van der Waals surface area (Å²) in [6.07, 6.45) is -0.579. The van der Waals surface area contributed by atoms with Crippen LogP contribution in [-0.2, 0) is 14.4 Å². The van der Waals surface area contributed by atoms with Crippen LogP contribution >= 0.6 is 0 Å². The van der Waals surface area contributed by atoms with Gasteiger partial charge in [0.2, 0.25) is 11.8 Å². The number of ether oxygens (including phenoxy) is 1. The van der Waals surface area contributed by atoms with E-state index in [9.17, 15) is 18.8 Å². The highest BCUT2D eigenvalue weighted by atomic mass is 19.1. The van der Waals surface area contributed by atoms with Gasteiger partial charge in [-0.1, -0.05) is 12.1 Å². The molecule has 0 aromatic heterocycles. The van der Waals surface area contributed by atoms with Gasteiger partial charge in [0.25, 0.3) is 5.91 Å². The van der Waals surface area contributed by atoms with E-state index >= 15 is 0 Å². The normalized spacial score (nSPS) is 21.0. The van der Waals surface area contributed by atoms with Crippen molar-refractivity contribution in [2.75, 3.05) is 22.1 Å². The molecule has 0 spiro atoms. The summed E-state index contributed by atoms with van der Waals surface area (Å²) in [5.41, 5.74) is 1.11. The fourth-order valence-electron chi connectivity index (χ4n) is 3.32. The van der Waals surface area contributed by atoms with E-state index in [-0.39, 0.29) is 36.4 Å². The largest absolute Gasteiger partial charge is 0.479 e. The highest BCUT2D eigenvalue weighted by molar-refractivity contribution is 6.04. The molecule has 1 fully saturated rings. The molecule has 0 radical (unpaired) electrons. The molecule has 7 nitrogen and oxygen atoms in total. The lowest BCUT2D eigenvalue weighted by molar-refractivity contribution is -0.122. The van der Waals surface area contributed by atoms with Gasteiger partial charge in [0.1, 0.15) is 11.6 Å². The summed E-state index contributed by atoms with van der Waals surface area (Å²) in [6, 6.07) is 10.9. The first kappa shape index (κ1) is 18.0. The molecule has 2 aromatic rings. The number of fused-ring (bicyclic) bond motifs is 1. The number of hydrogen-bond donors (Lipinski definition) is 2. The average Bonchev–Trinajstić information content (AvgIpc) is 3.05. The number of carbonyl (C=O) groups is 3. The third-order valence-corrected chi connectivity index (χ3v) is 4.82. The van der Waals surface area contributed by atoms with Gasteiger partial charge < -0.3 is 20.3 Å². The van der Waals surface area contributed by atoms with E-state index in [1.807, 2.05) is 0 Å². The van der Waals surface area contributed by atoms with E-state index in [0.29, 0.717) is 17.1 Å². The number of nitrogens with one attached hydrogen (secondary N) is 2. The zero-order chi connectivity index (χ0) is 19.8. The Kier molecular flexibility index (Phi) is 4.46. The summed E-state index contributed by atoms with van der Waals surface area (Å²) >= 11 is 0. The molecule has 0 aliphatic carbocycles. The Hall–Kier alpha value is -3.42. The van der Waals surface area contributed by atoms with Crippen molar-refractivity contribution in [3.8, 4) is 5.75 Å². The molecule has 0 bridgehead atoms. The van der Waals surface area contributed by atoms with Crippen molar-refractivity contribution in [2.45, 2.75) is 19.4 Å². The van der Waals surface area contributed by atoms with Gasteiger partial charge in [-0.2, -0.15) is 0 Å². The van der Waals surface area contributed by atoms with E-state index in [1.165, 1.54) is 17.0 Å². The topological polar surface area (TPSA) is 87.7 Å². The zero-order valence-electron chi connectivity index (χ0n) is 15.1. The summed E-state index contributed by atoms with van der Waals surface area (Å²) in [6.45, 7) is 1.75. The molecule has 3 amide bonds. The molecule has 2 aliphatic rings. The van der Waals surface area contributed by atoms with E-state index in [2.05, 4.69) is 10.6 Å². The monoisotopic (exact) mass is 383 g/mol. The molecular formula is C20H18FN3O4. The van der Waals surface area contributed by atoms with Crippen LogP contribution < -0.4 is 20.3 Å². The van der Waals surface area contributed by atoms with Crippen molar-refractivity contribution < 1.29 is 23.5 Å². The quantitative estimate of drug-likeness (QED) is 0.853. The molecule has 2 aromatic carbocycles. The van der Waals surface area contributed by atoms with Crippen molar-refractivity contribution >= 4 is 34.8 Å². The van der Waals surface area contributed by atoms with Crippen LogP contribution in [0, 0.1) is 11.7 Å². The lowest BCUT2D eigenvalue weighted by Crippen LogP contribution is -2.34. The molecule has 28 heavy (non-hydrogen) atoms. The molecule has 0 saturated carbocycles. The molecular weight excluding hydrogens is 365 g/mol.